The maximum absolute atomic E-state index is 12.2. The van der Waals surface area contributed by atoms with Crippen molar-refractivity contribution in [3.63, 3.8) is 0 Å². The van der Waals surface area contributed by atoms with Gasteiger partial charge in [0, 0.05) is 17.0 Å². The number of rotatable bonds is 0. The maximum atomic E-state index is 12.2. The lowest BCUT2D eigenvalue weighted by molar-refractivity contribution is 0.0772. The summed E-state index contributed by atoms with van der Waals surface area (Å²) in [5.74, 6) is 0.0530. The van der Waals surface area contributed by atoms with Crippen molar-refractivity contribution in [3.8, 4) is 6.07 Å². The smallest absolute Gasteiger partial charge is 0.236 e. The van der Waals surface area contributed by atoms with Crippen molar-refractivity contribution in [3.05, 3.63) is 36.0 Å². The van der Waals surface area contributed by atoms with Gasteiger partial charge < -0.3 is 0 Å². The van der Waals surface area contributed by atoms with Crippen LogP contribution in [-0.4, -0.2) is 10.5 Å². The van der Waals surface area contributed by atoms with E-state index in [9.17, 15) is 4.79 Å². The molecule has 0 aliphatic heterocycles. The summed E-state index contributed by atoms with van der Waals surface area (Å²) in [6, 6.07) is 9.30. The molecular weight excluding hydrogens is 212 g/mol. The Hall–Kier alpha value is -2.08. The van der Waals surface area contributed by atoms with Gasteiger partial charge >= 0.3 is 0 Å². The molecule has 0 amide bonds. The largest absolute Gasteiger partial charge is 0.287 e. The summed E-state index contributed by atoms with van der Waals surface area (Å²) >= 11 is 0. The summed E-state index contributed by atoms with van der Waals surface area (Å²) < 4.78 is 1.65. The molecule has 3 nitrogen and oxygen atoms in total. The standard InChI is InChI=1S/C14H14N2O/c1-14(2,3)13(17)16-7-6-11-8-10(9-15)4-5-12(11)16/h4-8H,1-3H3. The van der Waals surface area contributed by atoms with Gasteiger partial charge in [-0.15, -0.1) is 0 Å². The van der Waals surface area contributed by atoms with Crippen molar-refractivity contribution in [1.82, 2.24) is 4.57 Å². The van der Waals surface area contributed by atoms with Crippen LogP contribution < -0.4 is 0 Å². The number of hydrogen-bond donors (Lipinski definition) is 0. The molecule has 0 unspecified atom stereocenters. The van der Waals surface area contributed by atoms with Crippen molar-refractivity contribution in [2.45, 2.75) is 20.8 Å². The highest BCUT2D eigenvalue weighted by molar-refractivity contribution is 5.95. The first-order chi connectivity index (χ1) is 7.93. The summed E-state index contributed by atoms with van der Waals surface area (Å²) in [7, 11) is 0. The lowest BCUT2D eigenvalue weighted by Crippen LogP contribution is -2.25. The average molecular weight is 226 g/mol. The minimum atomic E-state index is -0.417. The van der Waals surface area contributed by atoms with Crippen LogP contribution in [0.5, 0.6) is 0 Å². The van der Waals surface area contributed by atoms with E-state index < -0.39 is 5.41 Å². The fraction of sp³-hybridized carbons (Fsp3) is 0.286. The molecule has 0 atom stereocenters. The SMILES string of the molecule is CC(C)(C)C(=O)n1ccc2cc(C#N)ccc21. The van der Waals surface area contributed by atoms with E-state index in [1.165, 1.54) is 0 Å². The van der Waals surface area contributed by atoms with E-state index in [4.69, 9.17) is 5.26 Å². The third-order valence-corrected chi connectivity index (χ3v) is 2.68. The van der Waals surface area contributed by atoms with Gasteiger partial charge in [-0.1, -0.05) is 20.8 Å². The first-order valence-corrected chi connectivity index (χ1v) is 5.49. The van der Waals surface area contributed by atoms with Gasteiger partial charge in [-0.3, -0.25) is 9.36 Å². The van der Waals surface area contributed by atoms with E-state index in [0.717, 1.165) is 10.9 Å². The molecule has 0 bridgehead atoms. The Labute approximate surface area is 100 Å². The third-order valence-electron chi connectivity index (χ3n) is 2.68. The molecule has 1 aromatic carbocycles. The number of nitrogens with zero attached hydrogens (tertiary/aromatic N) is 2. The number of carbonyl (C=O) groups is 1. The Morgan fingerprint density at radius 3 is 2.59 bits per heavy atom. The van der Waals surface area contributed by atoms with Crippen LogP contribution in [-0.2, 0) is 0 Å². The summed E-state index contributed by atoms with van der Waals surface area (Å²) in [6.07, 6.45) is 1.76. The number of nitriles is 1. The van der Waals surface area contributed by atoms with Crippen LogP contribution in [0.4, 0.5) is 0 Å². The first kappa shape index (κ1) is 11.4. The molecule has 86 valence electrons. The molecule has 0 N–H and O–H groups in total. The maximum Gasteiger partial charge on any atom is 0.236 e. The fourth-order valence-corrected chi connectivity index (χ4v) is 1.75. The summed E-state index contributed by atoms with van der Waals surface area (Å²) in [5, 5.41) is 9.74. The minimum Gasteiger partial charge on any atom is -0.287 e. The molecule has 0 aliphatic rings. The molecule has 3 heteroatoms. The second-order valence-electron chi connectivity index (χ2n) is 5.13. The molecule has 0 aliphatic carbocycles. The average Bonchev–Trinajstić information content (AvgIpc) is 2.69. The van der Waals surface area contributed by atoms with Crippen LogP contribution >= 0.6 is 0 Å². The number of benzene rings is 1. The minimum absolute atomic E-state index is 0.0530. The highest BCUT2D eigenvalue weighted by Crippen LogP contribution is 2.23. The molecule has 1 aromatic heterocycles. The van der Waals surface area contributed by atoms with E-state index in [1.807, 2.05) is 32.9 Å². The number of aromatic nitrogens is 1. The predicted molar refractivity (Wildman–Crippen MR) is 66.7 cm³/mol. The van der Waals surface area contributed by atoms with Crippen LogP contribution in [0.2, 0.25) is 0 Å². The number of carbonyl (C=O) groups excluding carboxylic acids is 1. The number of hydrogen-bond acceptors (Lipinski definition) is 2. The van der Waals surface area contributed by atoms with Gasteiger partial charge in [0.05, 0.1) is 17.1 Å². The molecule has 2 rings (SSSR count). The van der Waals surface area contributed by atoms with Crippen LogP contribution in [0.3, 0.4) is 0 Å². The lowest BCUT2D eigenvalue weighted by Gasteiger charge is -2.17. The van der Waals surface area contributed by atoms with Crippen LogP contribution in [0.15, 0.2) is 30.5 Å². The summed E-state index contributed by atoms with van der Waals surface area (Å²) in [6.45, 7) is 5.68. The normalized spacial score (nSPS) is 11.4. The van der Waals surface area contributed by atoms with E-state index in [-0.39, 0.29) is 5.91 Å². The van der Waals surface area contributed by atoms with Gasteiger partial charge in [0.15, 0.2) is 0 Å². The van der Waals surface area contributed by atoms with Gasteiger partial charge in [-0.25, -0.2) is 0 Å². The second kappa shape index (κ2) is 3.74. The fourth-order valence-electron chi connectivity index (χ4n) is 1.75. The van der Waals surface area contributed by atoms with E-state index in [1.54, 1.807) is 22.9 Å². The van der Waals surface area contributed by atoms with Crippen LogP contribution in [0.25, 0.3) is 10.9 Å². The summed E-state index contributed by atoms with van der Waals surface area (Å²) in [5.41, 5.74) is 1.04. The third kappa shape index (κ3) is 1.94. The molecule has 17 heavy (non-hydrogen) atoms. The lowest BCUT2D eigenvalue weighted by atomic mass is 9.95. The Kier molecular flexibility index (Phi) is 2.51. The van der Waals surface area contributed by atoms with E-state index in [0.29, 0.717) is 5.56 Å². The zero-order chi connectivity index (χ0) is 12.6. The van der Waals surface area contributed by atoms with Crippen LogP contribution in [0, 0.1) is 16.7 Å². The highest BCUT2D eigenvalue weighted by Gasteiger charge is 2.23. The monoisotopic (exact) mass is 226 g/mol. The van der Waals surface area contributed by atoms with Gasteiger partial charge in [0.1, 0.15) is 0 Å². The van der Waals surface area contributed by atoms with Crippen molar-refractivity contribution in [1.29, 1.82) is 5.26 Å². The molecular formula is C14H14N2O. The zero-order valence-corrected chi connectivity index (χ0v) is 10.2. The van der Waals surface area contributed by atoms with Crippen molar-refractivity contribution in [2.24, 2.45) is 5.41 Å². The van der Waals surface area contributed by atoms with Crippen molar-refractivity contribution < 1.29 is 4.79 Å². The van der Waals surface area contributed by atoms with Gasteiger partial charge in [-0.05, 0) is 24.3 Å². The molecule has 0 fully saturated rings. The van der Waals surface area contributed by atoms with Crippen molar-refractivity contribution in [2.75, 3.05) is 0 Å². The molecule has 2 aromatic rings. The summed E-state index contributed by atoms with van der Waals surface area (Å²) in [4.78, 5) is 12.2. The predicted octanol–water partition coefficient (Wildman–Crippen LogP) is 3.20. The molecule has 0 spiro atoms. The molecule has 0 radical (unpaired) electrons. The topological polar surface area (TPSA) is 45.8 Å². The Balaban J connectivity index is 2.59. The molecule has 1 heterocycles. The molecule has 0 saturated heterocycles. The van der Waals surface area contributed by atoms with Gasteiger partial charge in [0.25, 0.3) is 0 Å². The van der Waals surface area contributed by atoms with Gasteiger partial charge in [-0.2, -0.15) is 5.26 Å². The van der Waals surface area contributed by atoms with Crippen LogP contribution in [0.1, 0.15) is 31.1 Å². The van der Waals surface area contributed by atoms with E-state index in [2.05, 4.69) is 6.07 Å². The molecule has 0 saturated carbocycles. The van der Waals surface area contributed by atoms with Gasteiger partial charge in [0.2, 0.25) is 5.91 Å². The quantitative estimate of drug-likeness (QED) is 0.692. The first-order valence-electron chi connectivity index (χ1n) is 5.49. The highest BCUT2D eigenvalue weighted by atomic mass is 16.2. The van der Waals surface area contributed by atoms with Crippen molar-refractivity contribution >= 4 is 16.8 Å². The Morgan fingerprint density at radius 2 is 2.00 bits per heavy atom. The Morgan fingerprint density at radius 1 is 1.29 bits per heavy atom. The van der Waals surface area contributed by atoms with E-state index >= 15 is 0 Å². The Bertz CT molecular complexity index is 624. The number of fused-ring (bicyclic) bond motifs is 1. The zero-order valence-electron chi connectivity index (χ0n) is 10.2. The second-order valence-corrected chi connectivity index (χ2v) is 5.13.